The van der Waals surface area contributed by atoms with Crippen LogP contribution >= 0.6 is 12.2 Å². The Morgan fingerprint density at radius 1 is 1.32 bits per heavy atom. The lowest BCUT2D eigenvalue weighted by Crippen LogP contribution is -2.26. The normalized spacial score (nSPS) is 15.9. The van der Waals surface area contributed by atoms with Crippen LogP contribution in [0, 0.1) is 0 Å². The summed E-state index contributed by atoms with van der Waals surface area (Å²) in [6.07, 6.45) is 7.10. The fourth-order valence-corrected chi connectivity index (χ4v) is 3.84. The lowest BCUT2D eigenvalue weighted by molar-refractivity contribution is 0.235. The molecule has 0 radical (unpaired) electrons. The number of isothiocyanates is 1. The molecule has 2 aromatic rings. The zero-order valence-corrected chi connectivity index (χ0v) is 16.1. The number of aromatic amines is 1. The average molecular weight is 355 g/mol. The van der Waals surface area contributed by atoms with E-state index in [1.165, 1.54) is 24.0 Å². The largest absolute Gasteiger partial charge is 0.338 e. The lowest BCUT2D eigenvalue weighted by Gasteiger charge is -2.27. The molecule has 0 aliphatic heterocycles. The van der Waals surface area contributed by atoms with Crippen molar-refractivity contribution in [3.05, 3.63) is 29.6 Å². The van der Waals surface area contributed by atoms with E-state index in [2.05, 4.69) is 53.0 Å². The summed E-state index contributed by atoms with van der Waals surface area (Å²) in [5.41, 5.74) is 5.45. The Kier molecular flexibility index (Phi) is 5.79. The zero-order valence-electron chi connectivity index (χ0n) is 15.3. The van der Waals surface area contributed by atoms with Gasteiger partial charge in [-0.2, -0.15) is 4.99 Å². The van der Waals surface area contributed by atoms with Gasteiger partial charge in [-0.3, -0.25) is 4.90 Å². The van der Waals surface area contributed by atoms with Crippen LogP contribution in [-0.4, -0.2) is 33.1 Å². The first-order valence-electron chi connectivity index (χ1n) is 9.22. The SMILES string of the molecule is CCN(CC)C(C)c1cc(N=C=S)cc2[nH]c(C3=CCCCC3)nc12. The van der Waals surface area contributed by atoms with Gasteiger partial charge in [-0.05, 0) is 81.2 Å². The maximum absolute atomic E-state index is 4.97. The molecule has 1 aromatic carbocycles. The summed E-state index contributed by atoms with van der Waals surface area (Å²) in [5.74, 6) is 1.01. The predicted octanol–water partition coefficient (Wildman–Crippen LogP) is 5.66. The molecule has 1 N–H and O–H groups in total. The number of nitrogens with one attached hydrogen (secondary N) is 1. The molecule has 132 valence electrons. The second kappa shape index (κ2) is 8.05. The summed E-state index contributed by atoms with van der Waals surface area (Å²) in [6, 6.07) is 4.39. The number of hydrogen-bond donors (Lipinski definition) is 1. The van der Waals surface area contributed by atoms with Crippen molar-refractivity contribution in [3.63, 3.8) is 0 Å². The maximum Gasteiger partial charge on any atom is 0.134 e. The third kappa shape index (κ3) is 3.74. The van der Waals surface area contributed by atoms with Gasteiger partial charge in [0.1, 0.15) is 5.82 Å². The minimum absolute atomic E-state index is 0.272. The van der Waals surface area contributed by atoms with Crippen molar-refractivity contribution < 1.29 is 0 Å². The van der Waals surface area contributed by atoms with Gasteiger partial charge in [-0.1, -0.05) is 19.9 Å². The Bertz CT molecular complexity index is 826. The van der Waals surface area contributed by atoms with Gasteiger partial charge in [0.15, 0.2) is 0 Å². The Morgan fingerprint density at radius 3 is 2.76 bits per heavy atom. The first-order valence-corrected chi connectivity index (χ1v) is 9.63. The molecule has 1 atom stereocenters. The Morgan fingerprint density at radius 2 is 2.12 bits per heavy atom. The monoisotopic (exact) mass is 354 g/mol. The number of allylic oxidation sites excluding steroid dienone is 2. The summed E-state index contributed by atoms with van der Waals surface area (Å²) in [4.78, 5) is 15.1. The van der Waals surface area contributed by atoms with E-state index < -0.39 is 0 Å². The van der Waals surface area contributed by atoms with Gasteiger partial charge in [0.05, 0.1) is 21.9 Å². The van der Waals surface area contributed by atoms with Crippen molar-refractivity contribution in [2.75, 3.05) is 13.1 Å². The van der Waals surface area contributed by atoms with Crippen LogP contribution in [0.5, 0.6) is 0 Å². The molecule has 1 aliphatic rings. The molecule has 0 spiro atoms. The Balaban J connectivity index is 2.14. The van der Waals surface area contributed by atoms with Gasteiger partial charge in [-0.25, -0.2) is 4.98 Å². The number of fused-ring (bicyclic) bond motifs is 1. The number of thiocarbonyl (C=S) groups is 1. The van der Waals surface area contributed by atoms with Gasteiger partial charge in [0, 0.05) is 6.04 Å². The quantitative estimate of drug-likeness (QED) is 0.538. The average Bonchev–Trinajstić information content (AvgIpc) is 3.07. The molecule has 3 rings (SSSR count). The minimum atomic E-state index is 0.272. The van der Waals surface area contributed by atoms with Crippen molar-refractivity contribution in [3.8, 4) is 0 Å². The van der Waals surface area contributed by atoms with E-state index in [0.29, 0.717) is 0 Å². The van der Waals surface area contributed by atoms with E-state index >= 15 is 0 Å². The smallest absolute Gasteiger partial charge is 0.134 e. The fraction of sp³-hybridized carbons (Fsp3) is 0.500. The van der Waals surface area contributed by atoms with E-state index in [0.717, 1.165) is 48.5 Å². The molecule has 1 heterocycles. The molecule has 5 heteroatoms. The summed E-state index contributed by atoms with van der Waals surface area (Å²) in [7, 11) is 0. The summed E-state index contributed by atoms with van der Waals surface area (Å²) in [5, 5.41) is 2.49. The molecular formula is C20H26N4S. The third-order valence-corrected chi connectivity index (χ3v) is 5.27. The molecule has 0 bridgehead atoms. The number of imidazole rings is 1. The molecule has 0 saturated heterocycles. The highest BCUT2D eigenvalue weighted by Crippen LogP contribution is 2.33. The highest BCUT2D eigenvalue weighted by Gasteiger charge is 2.20. The highest BCUT2D eigenvalue weighted by atomic mass is 32.1. The number of rotatable bonds is 6. The van der Waals surface area contributed by atoms with Crippen molar-refractivity contribution in [1.29, 1.82) is 0 Å². The van der Waals surface area contributed by atoms with Crippen LogP contribution in [0.15, 0.2) is 23.2 Å². The van der Waals surface area contributed by atoms with E-state index in [-0.39, 0.29) is 6.04 Å². The molecule has 0 saturated carbocycles. The van der Waals surface area contributed by atoms with E-state index in [1.54, 1.807) is 0 Å². The van der Waals surface area contributed by atoms with Gasteiger partial charge in [0.25, 0.3) is 0 Å². The fourth-order valence-electron chi connectivity index (χ4n) is 3.74. The first-order chi connectivity index (χ1) is 12.2. The summed E-state index contributed by atoms with van der Waals surface area (Å²) >= 11 is 4.81. The van der Waals surface area contributed by atoms with Crippen LogP contribution in [-0.2, 0) is 0 Å². The second-order valence-corrected chi connectivity index (χ2v) is 6.77. The van der Waals surface area contributed by atoms with E-state index in [1.807, 2.05) is 6.07 Å². The number of aliphatic imine (C=N–C) groups is 1. The van der Waals surface area contributed by atoms with Crippen LogP contribution in [0.25, 0.3) is 16.6 Å². The number of H-pyrrole nitrogens is 1. The van der Waals surface area contributed by atoms with E-state index in [9.17, 15) is 0 Å². The van der Waals surface area contributed by atoms with Crippen molar-refractivity contribution in [1.82, 2.24) is 14.9 Å². The lowest BCUT2D eigenvalue weighted by atomic mass is 9.99. The molecule has 1 aromatic heterocycles. The van der Waals surface area contributed by atoms with Crippen LogP contribution in [0.2, 0.25) is 0 Å². The van der Waals surface area contributed by atoms with Crippen molar-refractivity contribution in [2.45, 2.75) is 52.5 Å². The second-order valence-electron chi connectivity index (χ2n) is 6.59. The first kappa shape index (κ1) is 18.0. The van der Waals surface area contributed by atoms with Crippen molar-refractivity contribution >= 4 is 39.7 Å². The number of hydrogen-bond acceptors (Lipinski definition) is 4. The summed E-state index contributed by atoms with van der Waals surface area (Å²) in [6.45, 7) is 8.63. The van der Waals surface area contributed by atoms with Crippen molar-refractivity contribution in [2.24, 2.45) is 4.99 Å². The number of nitrogens with zero attached hydrogens (tertiary/aromatic N) is 3. The minimum Gasteiger partial charge on any atom is -0.338 e. The van der Waals surface area contributed by atoms with Gasteiger partial charge in [-0.15, -0.1) is 0 Å². The number of benzene rings is 1. The van der Waals surface area contributed by atoms with Crippen LogP contribution < -0.4 is 0 Å². The van der Waals surface area contributed by atoms with Crippen LogP contribution in [0.3, 0.4) is 0 Å². The maximum atomic E-state index is 4.97. The van der Waals surface area contributed by atoms with Crippen LogP contribution in [0.1, 0.15) is 63.9 Å². The Labute approximate surface area is 155 Å². The number of aromatic nitrogens is 2. The summed E-state index contributed by atoms with van der Waals surface area (Å²) < 4.78 is 0. The molecule has 4 nitrogen and oxygen atoms in total. The molecule has 1 aliphatic carbocycles. The molecule has 0 amide bonds. The molecule has 1 unspecified atom stereocenters. The Hall–Kier alpha value is -1.81. The van der Waals surface area contributed by atoms with Gasteiger partial charge in [0.2, 0.25) is 0 Å². The predicted molar refractivity (Wildman–Crippen MR) is 109 cm³/mol. The topological polar surface area (TPSA) is 44.3 Å². The highest BCUT2D eigenvalue weighted by molar-refractivity contribution is 7.78. The van der Waals surface area contributed by atoms with Gasteiger partial charge >= 0.3 is 0 Å². The third-order valence-electron chi connectivity index (χ3n) is 5.18. The van der Waals surface area contributed by atoms with Crippen LogP contribution in [0.4, 0.5) is 5.69 Å². The molecule has 25 heavy (non-hydrogen) atoms. The molecular weight excluding hydrogens is 328 g/mol. The molecule has 0 fully saturated rings. The zero-order chi connectivity index (χ0) is 17.8. The van der Waals surface area contributed by atoms with E-state index in [4.69, 9.17) is 17.2 Å². The standard InChI is InChI=1S/C20H26N4S/c1-4-24(5-2)14(3)17-11-16(21-13-25)12-18-19(17)23-20(22-18)15-9-7-6-8-10-15/h9,11-12,14H,4-8,10H2,1-3H3,(H,22,23). The van der Waals surface area contributed by atoms with Gasteiger partial charge < -0.3 is 4.98 Å².